The summed E-state index contributed by atoms with van der Waals surface area (Å²) in [5, 5.41) is 11.6. The van der Waals surface area contributed by atoms with Gasteiger partial charge in [0, 0.05) is 56.6 Å². The summed E-state index contributed by atoms with van der Waals surface area (Å²) in [4.78, 5) is 32.2. The molecule has 6 rings (SSSR count). The van der Waals surface area contributed by atoms with Crippen molar-refractivity contribution in [3.05, 3.63) is 101 Å². The molecule has 0 radical (unpaired) electrons. The highest BCUT2D eigenvalue weighted by Crippen LogP contribution is 2.52. The molecule has 2 atom stereocenters. The average molecular weight is 714 g/mol. The van der Waals surface area contributed by atoms with Gasteiger partial charge in [0.25, 0.3) is 5.91 Å². The predicted octanol–water partition coefficient (Wildman–Crippen LogP) is 5.71. The minimum atomic E-state index is -4.66. The maximum absolute atomic E-state index is 14.7. The smallest absolute Gasteiger partial charge is 0.349 e. The fraction of sp³-hybridized carbons (Fsp3) is 0.450. The van der Waals surface area contributed by atoms with Crippen molar-refractivity contribution in [3.8, 4) is 12.3 Å². The number of carbonyl (C=O) groups is 2. The lowest BCUT2D eigenvalue weighted by molar-refractivity contribution is -0.138. The largest absolute Gasteiger partial charge is 0.416 e. The number of aromatic nitrogens is 3. The van der Waals surface area contributed by atoms with Gasteiger partial charge in [-0.15, -0.1) is 16.6 Å². The third-order valence-electron chi connectivity index (χ3n) is 10.7. The third-order valence-corrected chi connectivity index (χ3v) is 10.7. The first-order valence-corrected chi connectivity index (χ1v) is 17.6. The summed E-state index contributed by atoms with van der Waals surface area (Å²) in [6.45, 7) is 10.2. The highest BCUT2D eigenvalue weighted by Gasteiger charge is 2.48. The van der Waals surface area contributed by atoms with Crippen molar-refractivity contribution in [2.24, 2.45) is 18.9 Å². The number of hydrogen-bond donors (Lipinski definition) is 1. The van der Waals surface area contributed by atoms with Crippen LogP contribution in [0.1, 0.15) is 71.5 Å². The van der Waals surface area contributed by atoms with Gasteiger partial charge in [-0.3, -0.25) is 19.4 Å². The molecule has 1 saturated carbocycles. The van der Waals surface area contributed by atoms with Crippen LogP contribution in [0.25, 0.3) is 0 Å². The fourth-order valence-corrected chi connectivity index (χ4v) is 8.23. The molecule has 1 aromatic heterocycles. The SMILES string of the molecule is C#CCN(C)C/C=C/C(=O)N[C@H]1C[C@@H](C(=C)C)CN(Cc2cc3c(c(C(F)(F)F)c2)CN(c2cccc(C4(c5nncn5C)CC(C)C4)c2)C3=O)C1. The molecule has 3 aliphatic rings. The van der Waals surface area contributed by atoms with Crippen LogP contribution < -0.4 is 10.2 Å². The average Bonchev–Trinajstić information content (AvgIpc) is 3.65. The Bertz CT molecular complexity index is 1920. The van der Waals surface area contributed by atoms with Gasteiger partial charge in [-0.05, 0) is 86.0 Å². The Balaban J connectivity index is 1.23. The summed E-state index contributed by atoms with van der Waals surface area (Å²) in [6, 6.07) is 10.1. The molecule has 0 spiro atoms. The molecule has 9 nitrogen and oxygen atoms in total. The van der Waals surface area contributed by atoms with Crippen molar-refractivity contribution in [2.75, 3.05) is 38.1 Å². The summed E-state index contributed by atoms with van der Waals surface area (Å²) >= 11 is 0. The van der Waals surface area contributed by atoms with Crippen molar-refractivity contribution >= 4 is 17.5 Å². The van der Waals surface area contributed by atoms with E-state index in [1.54, 1.807) is 24.5 Å². The maximum atomic E-state index is 14.7. The molecule has 1 saturated heterocycles. The molecule has 12 heteroatoms. The number of carbonyl (C=O) groups excluding carboxylic acids is 2. The molecule has 0 unspecified atom stereocenters. The van der Waals surface area contributed by atoms with Gasteiger partial charge < -0.3 is 14.8 Å². The van der Waals surface area contributed by atoms with Gasteiger partial charge in [-0.1, -0.05) is 43.2 Å². The number of likely N-dealkylation sites (tertiary alicyclic amines) is 1. The van der Waals surface area contributed by atoms with E-state index in [9.17, 15) is 22.8 Å². The number of halogens is 3. The normalized spacial score (nSPS) is 23.5. The molecular formula is C40H46F3N7O2. The molecule has 0 bridgehead atoms. The molecule has 2 aliphatic heterocycles. The molecule has 274 valence electrons. The number of amides is 2. The van der Waals surface area contributed by atoms with Gasteiger partial charge >= 0.3 is 6.18 Å². The highest BCUT2D eigenvalue weighted by atomic mass is 19.4. The zero-order valence-corrected chi connectivity index (χ0v) is 30.2. The second-order valence-corrected chi connectivity index (χ2v) is 15.0. The second-order valence-electron chi connectivity index (χ2n) is 15.0. The number of nitrogens with one attached hydrogen (secondary N) is 1. The zero-order valence-electron chi connectivity index (χ0n) is 30.2. The van der Waals surface area contributed by atoms with E-state index in [2.05, 4.69) is 34.9 Å². The maximum Gasteiger partial charge on any atom is 0.416 e. The van der Waals surface area contributed by atoms with E-state index < -0.39 is 17.6 Å². The number of aryl methyl sites for hydroxylation is 1. The first kappa shape index (κ1) is 37.0. The van der Waals surface area contributed by atoms with Gasteiger partial charge in [0.05, 0.1) is 24.1 Å². The van der Waals surface area contributed by atoms with E-state index in [0.717, 1.165) is 29.8 Å². The quantitative estimate of drug-likeness (QED) is 0.156. The first-order valence-electron chi connectivity index (χ1n) is 17.6. The summed E-state index contributed by atoms with van der Waals surface area (Å²) < 4.78 is 46.0. The van der Waals surface area contributed by atoms with Crippen molar-refractivity contribution < 1.29 is 22.8 Å². The number of benzene rings is 2. The van der Waals surface area contributed by atoms with Crippen LogP contribution in [0.2, 0.25) is 0 Å². The van der Waals surface area contributed by atoms with Crippen LogP contribution in [0, 0.1) is 24.2 Å². The van der Waals surface area contributed by atoms with Crippen LogP contribution in [0.3, 0.4) is 0 Å². The summed E-state index contributed by atoms with van der Waals surface area (Å²) in [5.41, 5.74) is 1.70. The Hall–Kier alpha value is -4.73. The van der Waals surface area contributed by atoms with Crippen LogP contribution in [0.4, 0.5) is 18.9 Å². The first-order chi connectivity index (χ1) is 24.7. The molecule has 1 N–H and O–H groups in total. The summed E-state index contributed by atoms with van der Waals surface area (Å²) in [7, 11) is 3.76. The van der Waals surface area contributed by atoms with Crippen molar-refractivity contribution in [1.82, 2.24) is 29.9 Å². The summed E-state index contributed by atoms with van der Waals surface area (Å²) in [6.07, 6.45) is 7.96. The van der Waals surface area contributed by atoms with Crippen molar-refractivity contribution in [3.63, 3.8) is 0 Å². The lowest BCUT2D eigenvalue weighted by Gasteiger charge is -2.46. The molecule has 3 aromatic rings. The number of likely N-dealkylation sites (N-methyl/N-ethyl adjacent to an activating group) is 1. The van der Waals surface area contributed by atoms with E-state index in [-0.39, 0.29) is 47.5 Å². The van der Waals surface area contributed by atoms with Crippen molar-refractivity contribution in [1.29, 1.82) is 0 Å². The zero-order chi connectivity index (χ0) is 37.4. The number of fused-ring (bicyclic) bond motifs is 1. The van der Waals surface area contributed by atoms with Gasteiger partial charge in [0.1, 0.15) is 12.2 Å². The molecule has 2 aromatic carbocycles. The van der Waals surface area contributed by atoms with Gasteiger partial charge in [-0.25, -0.2) is 0 Å². The van der Waals surface area contributed by atoms with E-state index in [4.69, 9.17) is 6.42 Å². The topological polar surface area (TPSA) is 86.6 Å². The molecule has 2 amide bonds. The predicted molar refractivity (Wildman–Crippen MR) is 194 cm³/mol. The number of nitrogens with zero attached hydrogens (tertiary/aromatic N) is 6. The van der Waals surface area contributed by atoms with E-state index in [0.29, 0.717) is 49.8 Å². The lowest BCUT2D eigenvalue weighted by Crippen LogP contribution is -2.50. The summed E-state index contributed by atoms with van der Waals surface area (Å²) in [5.74, 6) is 3.18. The van der Waals surface area contributed by atoms with E-state index >= 15 is 0 Å². The Labute approximate surface area is 303 Å². The number of piperidine rings is 1. The lowest BCUT2D eigenvalue weighted by atomic mass is 9.58. The molecular weight excluding hydrogens is 667 g/mol. The Morgan fingerprint density at radius 1 is 1.23 bits per heavy atom. The molecule has 52 heavy (non-hydrogen) atoms. The monoisotopic (exact) mass is 713 g/mol. The van der Waals surface area contributed by atoms with E-state index in [1.807, 2.05) is 53.6 Å². The Morgan fingerprint density at radius 2 is 2.00 bits per heavy atom. The molecule has 2 fully saturated rings. The molecule has 1 aliphatic carbocycles. The standard InChI is InChI=1S/C40H46F3N7O2/c1-7-13-47(5)14-9-12-36(51)45-31-17-29(26(2)3)22-49(23-31)21-28-15-33-34(35(16-28)40(41,42)43)24-50(37(33)52)32-11-8-10-30(18-32)39(19-27(4)20-39)38-46-44-25-48(38)6/h1,8-12,15-16,18,25,27,29,31H,2,13-14,17,19-24H2,3-6H3,(H,45,51)/b12-9+/t27?,29-,31+,39?/m1/s1. The van der Waals surface area contributed by atoms with E-state index in [1.165, 1.54) is 17.0 Å². The van der Waals surface area contributed by atoms with Crippen molar-refractivity contribution in [2.45, 2.75) is 63.8 Å². The second kappa shape index (κ2) is 14.7. The van der Waals surface area contributed by atoms with Crippen LogP contribution in [0.15, 0.2) is 67.0 Å². The Kier molecular flexibility index (Phi) is 10.5. The molecule has 3 heterocycles. The number of hydrogen-bond acceptors (Lipinski definition) is 6. The third kappa shape index (κ3) is 7.57. The fourth-order valence-electron chi connectivity index (χ4n) is 8.23. The van der Waals surface area contributed by atoms with Gasteiger partial charge in [0.15, 0.2) is 0 Å². The van der Waals surface area contributed by atoms with Crippen LogP contribution in [-0.4, -0.2) is 75.6 Å². The number of anilines is 1. The minimum Gasteiger partial charge on any atom is -0.349 e. The minimum absolute atomic E-state index is 0.0183. The van der Waals surface area contributed by atoms with Crippen LogP contribution >= 0.6 is 0 Å². The Morgan fingerprint density at radius 3 is 2.65 bits per heavy atom. The number of rotatable bonds is 11. The number of terminal acetylenes is 1. The van der Waals surface area contributed by atoms with Gasteiger partial charge in [0.2, 0.25) is 5.91 Å². The highest BCUT2D eigenvalue weighted by molar-refractivity contribution is 6.10. The van der Waals surface area contributed by atoms with Gasteiger partial charge in [-0.2, -0.15) is 13.2 Å². The number of alkyl halides is 3. The van der Waals surface area contributed by atoms with Crippen LogP contribution in [-0.2, 0) is 36.5 Å². The van der Waals surface area contributed by atoms with Crippen LogP contribution in [0.5, 0.6) is 0 Å².